The minimum atomic E-state index is -3.51. The molecule has 1 atom stereocenters. The third-order valence-corrected chi connectivity index (χ3v) is 5.50. The van der Waals surface area contributed by atoms with Crippen molar-refractivity contribution >= 4 is 15.9 Å². The fraction of sp³-hybridized carbons (Fsp3) is 0.538. The normalized spacial score (nSPS) is 24.6. The Morgan fingerprint density at radius 1 is 1.40 bits per heavy atom. The number of phenols is 1. The van der Waals surface area contributed by atoms with E-state index in [-0.39, 0.29) is 11.9 Å². The summed E-state index contributed by atoms with van der Waals surface area (Å²) in [5.74, 6) is 0.00720. The Balaban J connectivity index is 1.99. The van der Waals surface area contributed by atoms with Crippen molar-refractivity contribution in [3.63, 3.8) is 0 Å². The highest BCUT2D eigenvalue weighted by molar-refractivity contribution is 7.91. The summed E-state index contributed by atoms with van der Waals surface area (Å²) in [5, 5.41) is 10.1. The van der Waals surface area contributed by atoms with Gasteiger partial charge in [0.05, 0.1) is 11.8 Å². The molecule has 0 radical (unpaired) electrons. The highest BCUT2D eigenvalue weighted by Crippen LogP contribution is 2.36. The minimum Gasteiger partial charge on any atom is -0.506 e. The molecule has 1 fully saturated rings. The minimum absolute atomic E-state index is 0.00720. The molecular weight excluding hydrogens is 280 g/mol. The number of phenolic OH excluding ortho intramolecular Hbond substituents is 1. The molecule has 0 spiro atoms. The Hall–Kier alpha value is -1.31. The number of nitrogens with one attached hydrogen (secondary N) is 1. The van der Waals surface area contributed by atoms with Gasteiger partial charge in [-0.1, -0.05) is 0 Å². The first-order valence-corrected chi connectivity index (χ1v) is 8.10. The van der Waals surface area contributed by atoms with Crippen LogP contribution in [0.4, 0.5) is 5.69 Å². The van der Waals surface area contributed by atoms with Crippen LogP contribution in [0.2, 0.25) is 0 Å². The maximum Gasteiger partial charge on any atom is 0.301 e. The number of aromatic hydroxyl groups is 1. The van der Waals surface area contributed by atoms with E-state index < -0.39 is 10.2 Å². The molecule has 2 aliphatic rings. The largest absolute Gasteiger partial charge is 0.506 e. The van der Waals surface area contributed by atoms with Crippen molar-refractivity contribution in [3.05, 3.63) is 23.3 Å². The smallest absolute Gasteiger partial charge is 0.301 e. The van der Waals surface area contributed by atoms with E-state index in [0.717, 1.165) is 30.4 Å². The second kappa shape index (κ2) is 4.91. The van der Waals surface area contributed by atoms with Gasteiger partial charge in [-0.2, -0.15) is 13.1 Å². The van der Waals surface area contributed by atoms with Crippen molar-refractivity contribution in [2.45, 2.75) is 25.4 Å². The predicted molar refractivity (Wildman–Crippen MR) is 75.2 cm³/mol. The van der Waals surface area contributed by atoms with E-state index in [4.69, 9.17) is 4.74 Å². The molecule has 2 N–H and O–H groups in total. The summed E-state index contributed by atoms with van der Waals surface area (Å²) in [6.45, 7) is 0.708. The Kier molecular flexibility index (Phi) is 3.35. The SMILES string of the molecule is COC1CCc2cc(N3CCNS3(=O)=O)c(O)cc2C1. The zero-order chi connectivity index (χ0) is 14.3. The Labute approximate surface area is 118 Å². The Morgan fingerprint density at radius 2 is 2.20 bits per heavy atom. The molecule has 0 bridgehead atoms. The maximum absolute atomic E-state index is 11.9. The number of aryl methyl sites for hydroxylation is 1. The van der Waals surface area contributed by atoms with E-state index in [1.165, 1.54) is 4.31 Å². The lowest BCUT2D eigenvalue weighted by molar-refractivity contribution is 0.0910. The van der Waals surface area contributed by atoms with Crippen LogP contribution in [0.3, 0.4) is 0 Å². The van der Waals surface area contributed by atoms with Crippen LogP contribution < -0.4 is 9.03 Å². The van der Waals surface area contributed by atoms with E-state index in [1.54, 1.807) is 19.2 Å². The first kappa shape index (κ1) is 13.7. The summed E-state index contributed by atoms with van der Waals surface area (Å²) >= 11 is 0. The van der Waals surface area contributed by atoms with E-state index in [0.29, 0.717) is 18.8 Å². The number of nitrogens with zero attached hydrogens (tertiary/aromatic N) is 1. The van der Waals surface area contributed by atoms with Crippen LogP contribution in [0.1, 0.15) is 17.5 Å². The third kappa shape index (κ3) is 2.25. The summed E-state index contributed by atoms with van der Waals surface area (Å²) in [7, 11) is -1.82. The lowest BCUT2D eigenvalue weighted by Crippen LogP contribution is -2.30. The monoisotopic (exact) mass is 298 g/mol. The van der Waals surface area contributed by atoms with Gasteiger partial charge in [0, 0.05) is 20.2 Å². The van der Waals surface area contributed by atoms with Crippen LogP contribution >= 0.6 is 0 Å². The van der Waals surface area contributed by atoms with Gasteiger partial charge in [-0.3, -0.25) is 4.31 Å². The van der Waals surface area contributed by atoms with Gasteiger partial charge >= 0.3 is 10.2 Å². The number of rotatable bonds is 2. The van der Waals surface area contributed by atoms with E-state index in [1.807, 2.05) is 0 Å². The lowest BCUT2D eigenvalue weighted by atomic mass is 9.89. The highest BCUT2D eigenvalue weighted by Gasteiger charge is 2.31. The predicted octanol–water partition coefficient (Wildman–Crippen LogP) is 0.550. The van der Waals surface area contributed by atoms with Crippen LogP contribution in [0.25, 0.3) is 0 Å². The molecule has 20 heavy (non-hydrogen) atoms. The van der Waals surface area contributed by atoms with Gasteiger partial charge in [0.25, 0.3) is 0 Å². The summed E-state index contributed by atoms with van der Waals surface area (Å²) in [4.78, 5) is 0. The Morgan fingerprint density at radius 3 is 2.85 bits per heavy atom. The molecule has 1 heterocycles. The topological polar surface area (TPSA) is 78.9 Å². The summed E-state index contributed by atoms with van der Waals surface area (Å²) in [5.41, 5.74) is 2.49. The molecule has 1 aliphatic carbocycles. The van der Waals surface area contributed by atoms with Gasteiger partial charge in [-0.25, -0.2) is 0 Å². The molecule has 3 rings (SSSR count). The fourth-order valence-corrected chi connectivity index (χ4v) is 4.12. The molecule has 1 unspecified atom stereocenters. The molecule has 1 aliphatic heterocycles. The van der Waals surface area contributed by atoms with Crippen LogP contribution in [-0.2, 0) is 27.8 Å². The molecule has 1 aromatic carbocycles. The molecule has 6 nitrogen and oxygen atoms in total. The standard InChI is InChI=1S/C13H18N2O4S/c1-19-11-3-2-9-7-12(13(16)8-10(9)6-11)15-5-4-14-20(15,17)18/h7-8,11,14,16H,2-6H2,1H3. The number of fused-ring (bicyclic) bond motifs is 1. The van der Waals surface area contributed by atoms with Gasteiger partial charge < -0.3 is 9.84 Å². The molecule has 110 valence electrons. The van der Waals surface area contributed by atoms with Gasteiger partial charge in [0.1, 0.15) is 5.75 Å². The van der Waals surface area contributed by atoms with Crippen molar-refractivity contribution in [1.82, 2.24) is 4.72 Å². The van der Waals surface area contributed by atoms with Crippen LogP contribution in [-0.4, -0.2) is 39.8 Å². The average Bonchev–Trinajstić information content (AvgIpc) is 2.76. The average molecular weight is 298 g/mol. The summed E-state index contributed by atoms with van der Waals surface area (Å²) in [6.07, 6.45) is 2.68. The molecule has 7 heteroatoms. The number of anilines is 1. The molecular formula is C13H18N2O4S. The zero-order valence-electron chi connectivity index (χ0n) is 11.3. The van der Waals surface area contributed by atoms with Crippen LogP contribution in [0, 0.1) is 0 Å². The molecule has 0 saturated carbocycles. The van der Waals surface area contributed by atoms with Gasteiger partial charge in [0.15, 0.2) is 0 Å². The summed E-state index contributed by atoms with van der Waals surface area (Å²) in [6, 6.07) is 3.46. The zero-order valence-corrected chi connectivity index (χ0v) is 12.1. The van der Waals surface area contributed by atoms with E-state index in [9.17, 15) is 13.5 Å². The fourth-order valence-electron chi connectivity index (χ4n) is 2.88. The van der Waals surface area contributed by atoms with Gasteiger partial charge in [-0.15, -0.1) is 0 Å². The van der Waals surface area contributed by atoms with Crippen molar-refractivity contribution in [2.24, 2.45) is 0 Å². The van der Waals surface area contributed by atoms with Crippen molar-refractivity contribution in [1.29, 1.82) is 0 Å². The third-order valence-electron chi connectivity index (χ3n) is 3.97. The number of hydrogen-bond donors (Lipinski definition) is 2. The number of methoxy groups -OCH3 is 1. The number of benzene rings is 1. The second-order valence-corrected chi connectivity index (χ2v) is 6.86. The number of ether oxygens (including phenoxy) is 1. The maximum atomic E-state index is 11.9. The molecule has 1 saturated heterocycles. The van der Waals surface area contributed by atoms with Crippen LogP contribution in [0.5, 0.6) is 5.75 Å². The molecule has 0 amide bonds. The lowest BCUT2D eigenvalue weighted by Gasteiger charge is -2.26. The highest BCUT2D eigenvalue weighted by atomic mass is 32.2. The van der Waals surface area contributed by atoms with Crippen molar-refractivity contribution < 1.29 is 18.3 Å². The molecule has 0 aromatic heterocycles. The first-order valence-electron chi connectivity index (χ1n) is 6.66. The van der Waals surface area contributed by atoms with E-state index in [2.05, 4.69) is 4.72 Å². The van der Waals surface area contributed by atoms with Gasteiger partial charge in [0.2, 0.25) is 0 Å². The van der Waals surface area contributed by atoms with E-state index >= 15 is 0 Å². The summed E-state index contributed by atoms with van der Waals surface area (Å²) < 4.78 is 32.7. The van der Waals surface area contributed by atoms with Crippen molar-refractivity contribution in [3.8, 4) is 5.75 Å². The number of hydrogen-bond acceptors (Lipinski definition) is 4. The quantitative estimate of drug-likeness (QED) is 0.836. The first-order chi connectivity index (χ1) is 9.51. The van der Waals surface area contributed by atoms with Crippen LogP contribution in [0.15, 0.2) is 12.1 Å². The molecule has 1 aromatic rings. The second-order valence-electron chi connectivity index (χ2n) is 5.18. The van der Waals surface area contributed by atoms with Gasteiger partial charge in [-0.05, 0) is 42.5 Å². The Bertz CT molecular complexity index is 630. The van der Waals surface area contributed by atoms with Crippen molar-refractivity contribution in [2.75, 3.05) is 24.5 Å².